The second-order valence-corrected chi connectivity index (χ2v) is 27.7. The van der Waals surface area contributed by atoms with Crippen molar-refractivity contribution in [3.8, 4) is 0 Å². The van der Waals surface area contributed by atoms with Crippen molar-refractivity contribution < 1.29 is 68.1 Å². The molecule has 0 aromatic carbocycles. The molecule has 0 aromatic rings. The molecule has 524 valence electrons. The second-order valence-electron chi connectivity index (χ2n) is 25.0. The highest BCUT2D eigenvalue weighted by Crippen LogP contribution is 2.23. The fourth-order valence-corrected chi connectivity index (χ4v) is 12.9. The number of nitrogens with zero attached hydrogens (tertiary/aromatic N) is 4. The van der Waals surface area contributed by atoms with Crippen LogP contribution in [0.2, 0.25) is 0 Å². The summed E-state index contributed by atoms with van der Waals surface area (Å²) in [4.78, 5) is 69.8. The van der Waals surface area contributed by atoms with Crippen LogP contribution < -0.4 is 0 Å². The maximum absolute atomic E-state index is 12.8. The lowest BCUT2D eigenvalue weighted by Gasteiger charge is -2.34. The van der Waals surface area contributed by atoms with E-state index in [-0.39, 0.29) is 29.8 Å². The Labute approximate surface area is 549 Å². The predicted molar refractivity (Wildman–Crippen MR) is 363 cm³/mol. The molecule has 0 saturated carbocycles. The third-order valence-electron chi connectivity index (χ3n) is 16.4. The first-order chi connectivity index (χ1) is 43.3. The molecule has 1 fully saturated rings. The van der Waals surface area contributed by atoms with Gasteiger partial charge >= 0.3 is 29.8 Å². The maximum atomic E-state index is 12.8. The molecule has 0 spiro atoms. The van der Waals surface area contributed by atoms with Crippen molar-refractivity contribution in [2.24, 2.45) is 0 Å². The van der Waals surface area contributed by atoms with E-state index in [1.54, 1.807) is 0 Å². The molecule has 20 heteroatoms. The topological polar surface area (TPSA) is 225 Å². The minimum atomic E-state index is -0.533. The molecule has 0 amide bonds. The molecule has 0 aliphatic carbocycles. The Morgan fingerprint density at radius 2 is 0.607 bits per heavy atom. The van der Waals surface area contributed by atoms with Crippen molar-refractivity contribution in [3.05, 3.63) is 0 Å². The molecule has 4 N–H and O–H groups in total. The van der Waals surface area contributed by atoms with E-state index in [4.69, 9.17) is 23.7 Å². The van der Waals surface area contributed by atoms with Gasteiger partial charge < -0.3 is 44.1 Å². The van der Waals surface area contributed by atoms with E-state index in [0.717, 1.165) is 231 Å². The van der Waals surface area contributed by atoms with Gasteiger partial charge in [0.05, 0.1) is 50.8 Å². The first-order valence-electron chi connectivity index (χ1n) is 35.9. The van der Waals surface area contributed by atoms with E-state index in [1.807, 2.05) is 21.6 Å². The first kappa shape index (κ1) is 84.7. The molecule has 0 bridgehead atoms. The van der Waals surface area contributed by atoms with Crippen LogP contribution in [0.5, 0.6) is 0 Å². The fourth-order valence-electron chi connectivity index (χ4n) is 10.7. The monoisotopic (exact) mass is 1300 g/mol. The van der Waals surface area contributed by atoms with Crippen LogP contribution >= 0.6 is 21.6 Å². The summed E-state index contributed by atoms with van der Waals surface area (Å²) in [6.45, 7) is 19.8. The highest BCUT2D eigenvalue weighted by atomic mass is 33.1. The van der Waals surface area contributed by atoms with Gasteiger partial charge in [0, 0.05) is 109 Å². The maximum Gasteiger partial charge on any atom is 0.305 e. The zero-order valence-electron chi connectivity index (χ0n) is 56.9. The Kier molecular flexibility index (Phi) is 58.9. The van der Waals surface area contributed by atoms with Crippen LogP contribution in [0.25, 0.3) is 0 Å². The molecule has 1 saturated heterocycles. The summed E-state index contributed by atoms with van der Waals surface area (Å²) >= 11 is 0. The van der Waals surface area contributed by atoms with Crippen molar-refractivity contribution in [1.29, 1.82) is 0 Å². The standard InChI is InChI=1S/C69H132N4O14S2/c1-5-9-50-83-65(78)37-25-17-13-21-33-61(74)57-72(58-62(75)34-22-14-18-26-38-66(79)84-51-10-6-2)42-30-29-41-69(82)87-54-48-70-44-46-71(47-45-70)49-56-89-88-55-32-31-43-73(59-63(76)35-23-15-19-27-39-67(80)85-52-11-7-3)60-64(77)36-24-16-20-28-40-68(81)86-53-12-8-4/h61-64,74-77H,5-60H2,1-4H3. The van der Waals surface area contributed by atoms with Crippen molar-refractivity contribution in [2.75, 3.05) is 123 Å². The van der Waals surface area contributed by atoms with Crippen LogP contribution in [0.1, 0.15) is 265 Å². The van der Waals surface area contributed by atoms with Crippen LogP contribution in [0, 0.1) is 0 Å². The lowest BCUT2D eigenvalue weighted by atomic mass is 10.1. The van der Waals surface area contributed by atoms with Crippen molar-refractivity contribution in [2.45, 2.75) is 290 Å². The largest absolute Gasteiger partial charge is 0.466 e. The van der Waals surface area contributed by atoms with E-state index in [0.29, 0.717) is 130 Å². The van der Waals surface area contributed by atoms with Crippen LogP contribution in [0.3, 0.4) is 0 Å². The predicted octanol–water partition coefficient (Wildman–Crippen LogP) is 12.3. The summed E-state index contributed by atoms with van der Waals surface area (Å²) in [7, 11) is 3.85. The molecule has 4 atom stereocenters. The van der Waals surface area contributed by atoms with Gasteiger partial charge in [0.2, 0.25) is 0 Å². The molecule has 0 aromatic heterocycles. The number of unbranched alkanes of at least 4 members (excludes halogenated alkanes) is 18. The third kappa shape index (κ3) is 55.9. The molecule has 1 heterocycles. The summed E-state index contributed by atoms with van der Waals surface area (Å²) < 4.78 is 26.7. The average Bonchev–Trinajstić information content (AvgIpc) is 3.68. The summed E-state index contributed by atoms with van der Waals surface area (Å²) in [5, 5.41) is 44.2. The third-order valence-corrected chi connectivity index (χ3v) is 18.8. The van der Waals surface area contributed by atoms with Crippen molar-refractivity contribution in [1.82, 2.24) is 19.6 Å². The zero-order valence-corrected chi connectivity index (χ0v) is 58.5. The Balaban J connectivity index is 2.41. The quantitative estimate of drug-likeness (QED) is 0.0192. The lowest BCUT2D eigenvalue weighted by molar-refractivity contribution is -0.145. The molecule has 1 aliphatic heterocycles. The molecule has 0 radical (unpaired) electrons. The Bertz CT molecular complexity index is 1590. The SMILES string of the molecule is CCCCOC(=O)CCCCCCC(O)CN(CCCCSSCCN1CCN(CCOC(=O)CCCCN(CC(O)CCCCCCC(=O)OCCCC)CC(O)CCCCCCC(=O)OCCCC)CC1)CC(O)CCCCCCC(=O)OCCCC. The van der Waals surface area contributed by atoms with Gasteiger partial charge in [-0.25, -0.2) is 0 Å². The number of carbonyl (C=O) groups excluding carboxylic acids is 5. The van der Waals surface area contributed by atoms with Crippen LogP contribution in [0.15, 0.2) is 0 Å². The lowest BCUT2D eigenvalue weighted by Crippen LogP contribution is -2.47. The number of hydrogen-bond acceptors (Lipinski definition) is 20. The second kappa shape index (κ2) is 61.9. The summed E-state index contributed by atoms with van der Waals surface area (Å²) in [5.74, 6) is 1.42. The molecule has 18 nitrogen and oxygen atoms in total. The average molecular weight is 1310 g/mol. The van der Waals surface area contributed by atoms with Gasteiger partial charge in [-0.05, 0) is 116 Å². The molecular weight excluding hydrogens is 1170 g/mol. The van der Waals surface area contributed by atoms with Crippen LogP contribution in [-0.2, 0) is 47.7 Å². The smallest absolute Gasteiger partial charge is 0.305 e. The van der Waals surface area contributed by atoms with E-state index < -0.39 is 24.4 Å². The van der Waals surface area contributed by atoms with Gasteiger partial charge in [-0.1, -0.05) is 152 Å². The summed E-state index contributed by atoms with van der Waals surface area (Å²) in [6, 6.07) is 0. The van der Waals surface area contributed by atoms with Gasteiger partial charge in [-0.3, -0.25) is 43.6 Å². The fraction of sp³-hybridized carbons (Fsp3) is 0.928. The molecule has 89 heavy (non-hydrogen) atoms. The van der Waals surface area contributed by atoms with Gasteiger partial charge in [-0.15, -0.1) is 0 Å². The van der Waals surface area contributed by atoms with Gasteiger partial charge in [0.1, 0.15) is 6.61 Å². The molecule has 1 rings (SSSR count). The normalized spacial score (nSPS) is 14.4. The first-order valence-corrected chi connectivity index (χ1v) is 38.4. The zero-order chi connectivity index (χ0) is 65.1. The van der Waals surface area contributed by atoms with Crippen LogP contribution in [-0.4, -0.2) is 217 Å². The van der Waals surface area contributed by atoms with Crippen LogP contribution in [0.4, 0.5) is 0 Å². The van der Waals surface area contributed by atoms with Crippen molar-refractivity contribution >= 4 is 51.4 Å². The minimum absolute atomic E-state index is 0.116. The van der Waals surface area contributed by atoms with Gasteiger partial charge in [0.25, 0.3) is 0 Å². The Morgan fingerprint density at radius 1 is 0.337 bits per heavy atom. The minimum Gasteiger partial charge on any atom is -0.466 e. The Morgan fingerprint density at radius 3 is 0.933 bits per heavy atom. The molecule has 4 unspecified atom stereocenters. The number of rotatable bonds is 65. The van der Waals surface area contributed by atoms with E-state index in [2.05, 4.69) is 47.3 Å². The highest BCUT2D eigenvalue weighted by molar-refractivity contribution is 8.76. The number of carbonyl (C=O) groups is 5. The summed E-state index contributed by atoms with van der Waals surface area (Å²) in [6.07, 6.45) is 28.1. The highest BCUT2D eigenvalue weighted by Gasteiger charge is 2.20. The van der Waals surface area contributed by atoms with Crippen molar-refractivity contribution in [3.63, 3.8) is 0 Å². The number of ether oxygens (including phenoxy) is 5. The number of esters is 5. The van der Waals surface area contributed by atoms with Gasteiger partial charge in [0.15, 0.2) is 0 Å². The summed E-state index contributed by atoms with van der Waals surface area (Å²) in [5.41, 5.74) is 0. The number of hydrogen-bond donors (Lipinski definition) is 4. The molecule has 1 aliphatic rings. The number of aliphatic hydroxyl groups is 4. The number of piperazine rings is 1. The van der Waals surface area contributed by atoms with E-state index in [9.17, 15) is 44.4 Å². The van der Waals surface area contributed by atoms with Gasteiger partial charge in [-0.2, -0.15) is 0 Å². The number of aliphatic hydroxyl groups excluding tert-OH is 4. The Hall–Kier alpha value is -2.27. The van der Waals surface area contributed by atoms with E-state index in [1.165, 1.54) is 0 Å². The van der Waals surface area contributed by atoms with E-state index >= 15 is 0 Å². The molecular formula is C69H132N4O14S2.